The predicted molar refractivity (Wildman–Crippen MR) is 53.3 cm³/mol. The number of likely N-dealkylation sites (tertiary alicyclic amines) is 1. The lowest BCUT2D eigenvalue weighted by Gasteiger charge is -2.15. The van der Waals surface area contributed by atoms with Crippen LogP contribution >= 0.6 is 0 Å². The highest BCUT2D eigenvalue weighted by molar-refractivity contribution is 5.71. The van der Waals surface area contributed by atoms with E-state index in [4.69, 9.17) is 0 Å². The third kappa shape index (κ3) is 2.53. The molecule has 0 radical (unpaired) electrons. The lowest BCUT2D eigenvalue weighted by atomic mass is 10.4. The molecule has 0 aromatic rings. The lowest BCUT2D eigenvalue weighted by molar-refractivity contribution is 0.425. The fourth-order valence-electron chi connectivity index (χ4n) is 1.27. The van der Waals surface area contributed by atoms with Gasteiger partial charge >= 0.3 is 0 Å². The van der Waals surface area contributed by atoms with Crippen molar-refractivity contribution in [2.45, 2.75) is 19.8 Å². The Balaban J connectivity index is 2.36. The minimum absolute atomic E-state index is 0.894. The lowest BCUT2D eigenvalue weighted by Crippen LogP contribution is -2.16. The van der Waals surface area contributed by atoms with Gasteiger partial charge in [0.05, 0.1) is 0 Å². The topological polar surface area (TPSA) is 15.6 Å². The van der Waals surface area contributed by atoms with Gasteiger partial charge in [-0.15, -0.1) is 0 Å². The Hall–Kier alpha value is -1.05. The first-order valence-electron chi connectivity index (χ1n) is 4.44. The molecule has 0 aromatic carbocycles. The SMILES string of the molecule is C=C(/N=C\C=C/C)N1CCCC1. The number of rotatable bonds is 3. The average molecular weight is 164 g/mol. The van der Waals surface area contributed by atoms with Gasteiger partial charge in [0.2, 0.25) is 0 Å². The summed E-state index contributed by atoms with van der Waals surface area (Å²) in [4.78, 5) is 6.44. The third-order valence-electron chi connectivity index (χ3n) is 1.97. The van der Waals surface area contributed by atoms with Crippen molar-refractivity contribution in [3.63, 3.8) is 0 Å². The van der Waals surface area contributed by atoms with Crippen molar-refractivity contribution < 1.29 is 0 Å². The highest BCUT2D eigenvalue weighted by atomic mass is 15.2. The van der Waals surface area contributed by atoms with E-state index in [2.05, 4.69) is 16.5 Å². The number of allylic oxidation sites excluding steroid dienone is 2. The molecule has 0 spiro atoms. The molecule has 0 unspecified atom stereocenters. The van der Waals surface area contributed by atoms with Crippen LogP contribution in [0.5, 0.6) is 0 Å². The van der Waals surface area contributed by atoms with Gasteiger partial charge in [0, 0.05) is 19.3 Å². The fourth-order valence-corrected chi connectivity index (χ4v) is 1.27. The molecule has 0 saturated carbocycles. The molecule has 1 saturated heterocycles. The van der Waals surface area contributed by atoms with E-state index in [-0.39, 0.29) is 0 Å². The summed E-state index contributed by atoms with van der Waals surface area (Å²) < 4.78 is 0. The highest BCUT2D eigenvalue weighted by Crippen LogP contribution is 2.13. The summed E-state index contributed by atoms with van der Waals surface area (Å²) in [6.07, 6.45) is 8.22. The molecule has 0 aliphatic carbocycles. The first kappa shape index (κ1) is 9.04. The van der Waals surface area contributed by atoms with E-state index < -0.39 is 0 Å². The van der Waals surface area contributed by atoms with E-state index in [0.29, 0.717) is 0 Å². The zero-order chi connectivity index (χ0) is 8.81. The Kier molecular flexibility index (Phi) is 3.58. The van der Waals surface area contributed by atoms with Crippen LogP contribution in [0, 0.1) is 0 Å². The van der Waals surface area contributed by atoms with Gasteiger partial charge in [-0.05, 0) is 25.8 Å². The van der Waals surface area contributed by atoms with Crippen LogP contribution in [0.2, 0.25) is 0 Å². The molecule has 1 aliphatic rings. The Morgan fingerprint density at radius 1 is 1.42 bits per heavy atom. The van der Waals surface area contributed by atoms with Gasteiger partial charge in [-0.3, -0.25) is 0 Å². The quantitative estimate of drug-likeness (QED) is 0.584. The first-order chi connectivity index (χ1) is 5.84. The van der Waals surface area contributed by atoms with Crippen LogP contribution in [0.3, 0.4) is 0 Å². The largest absolute Gasteiger partial charge is 0.357 e. The number of aliphatic imine (C=N–C) groups is 1. The molecular formula is C10H16N2. The van der Waals surface area contributed by atoms with Crippen LogP contribution in [-0.2, 0) is 0 Å². The van der Waals surface area contributed by atoms with Crippen molar-refractivity contribution in [3.8, 4) is 0 Å². The maximum Gasteiger partial charge on any atom is 0.121 e. The van der Waals surface area contributed by atoms with Crippen molar-refractivity contribution in [3.05, 3.63) is 24.6 Å². The highest BCUT2D eigenvalue weighted by Gasteiger charge is 2.11. The Bertz CT molecular complexity index is 198. The average Bonchev–Trinajstić information content (AvgIpc) is 2.56. The van der Waals surface area contributed by atoms with E-state index in [1.54, 1.807) is 6.21 Å². The molecule has 1 fully saturated rings. The molecule has 0 bridgehead atoms. The smallest absolute Gasteiger partial charge is 0.121 e. The van der Waals surface area contributed by atoms with Crippen LogP contribution in [0.25, 0.3) is 0 Å². The van der Waals surface area contributed by atoms with Gasteiger partial charge in [0.25, 0.3) is 0 Å². The number of hydrogen-bond acceptors (Lipinski definition) is 2. The molecule has 1 heterocycles. The normalized spacial score (nSPS) is 18.2. The van der Waals surface area contributed by atoms with E-state index in [1.165, 1.54) is 12.8 Å². The van der Waals surface area contributed by atoms with Crippen molar-refractivity contribution in [1.29, 1.82) is 0 Å². The van der Waals surface area contributed by atoms with E-state index in [9.17, 15) is 0 Å². The second kappa shape index (κ2) is 4.75. The summed E-state index contributed by atoms with van der Waals surface area (Å²) in [7, 11) is 0. The van der Waals surface area contributed by atoms with Gasteiger partial charge in [-0.25, -0.2) is 4.99 Å². The molecule has 0 atom stereocenters. The van der Waals surface area contributed by atoms with Gasteiger partial charge < -0.3 is 4.90 Å². The standard InChI is InChI=1S/C10H16N2/c1-3-4-7-11-10(2)12-8-5-6-9-12/h3-4,7H,2,5-6,8-9H2,1H3/b4-3-,11-7-. The van der Waals surface area contributed by atoms with Crippen LogP contribution in [0.4, 0.5) is 0 Å². The van der Waals surface area contributed by atoms with Gasteiger partial charge in [0.15, 0.2) is 0 Å². The van der Waals surface area contributed by atoms with Crippen LogP contribution < -0.4 is 0 Å². The zero-order valence-corrected chi connectivity index (χ0v) is 7.66. The minimum atomic E-state index is 0.894. The number of nitrogens with zero attached hydrogens (tertiary/aromatic N) is 2. The molecule has 0 amide bonds. The third-order valence-corrected chi connectivity index (χ3v) is 1.97. The maximum atomic E-state index is 4.22. The van der Waals surface area contributed by atoms with Crippen molar-refractivity contribution in [2.75, 3.05) is 13.1 Å². The Morgan fingerprint density at radius 2 is 2.08 bits per heavy atom. The van der Waals surface area contributed by atoms with Gasteiger partial charge in [0.1, 0.15) is 5.82 Å². The second-order valence-electron chi connectivity index (χ2n) is 2.91. The summed E-state index contributed by atoms with van der Waals surface area (Å²) in [6, 6.07) is 0. The number of hydrogen-bond donors (Lipinski definition) is 0. The molecule has 2 heteroatoms. The summed E-state index contributed by atoms with van der Waals surface area (Å²) >= 11 is 0. The van der Waals surface area contributed by atoms with Crippen molar-refractivity contribution >= 4 is 6.21 Å². The van der Waals surface area contributed by atoms with E-state index in [1.807, 2.05) is 19.1 Å². The molecule has 0 aromatic heterocycles. The summed E-state index contributed by atoms with van der Waals surface area (Å²) in [5, 5.41) is 0. The summed E-state index contributed by atoms with van der Waals surface area (Å²) in [5.41, 5.74) is 0. The molecule has 66 valence electrons. The van der Waals surface area contributed by atoms with Gasteiger partial charge in [-0.1, -0.05) is 12.7 Å². The van der Waals surface area contributed by atoms with E-state index >= 15 is 0 Å². The van der Waals surface area contributed by atoms with Crippen LogP contribution in [-0.4, -0.2) is 24.2 Å². The second-order valence-corrected chi connectivity index (χ2v) is 2.91. The van der Waals surface area contributed by atoms with Crippen LogP contribution in [0.15, 0.2) is 29.5 Å². The van der Waals surface area contributed by atoms with Gasteiger partial charge in [-0.2, -0.15) is 0 Å². The zero-order valence-electron chi connectivity index (χ0n) is 7.66. The summed E-state index contributed by atoms with van der Waals surface area (Å²) in [6.45, 7) is 8.11. The fraction of sp³-hybridized carbons (Fsp3) is 0.500. The molecule has 0 N–H and O–H groups in total. The summed E-state index contributed by atoms with van der Waals surface area (Å²) in [5.74, 6) is 0.894. The molecule has 1 aliphatic heterocycles. The van der Waals surface area contributed by atoms with Crippen molar-refractivity contribution in [1.82, 2.24) is 4.90 Å². The minimum Gasteiger partial charge on any atom is -0.357 e. The maximum absolute atomic E-state index is 4.22. The predicted octanol–water partition coefficient (Wildman–Crippen LogP) is 2.20. The van der Waals surface area contributed by atoms with E-state index in [0.717, 1.165) is 18.9 Å². The van der Waals surface area contributed by atoms with Crippen LogP contribution in [0.1, 0.15) is 19.8 Å². The first-order valence-corrected chi connectivity index (χ1v) is 4.44. The molecule has 12 heavy (non-hydrogen) atoms. The monoisotopic (exact) mass is 164 g/mol. The molecular weight excluding hydrogens is 148 g/mol. The van der Waals surface area contributed by atoms with Crippen molar-refractivity contribution in [2.24, 2.45) is 4.99 Å². The molecule has 2 nitrogen and oxygen atoms in total. The Labute approximate surface area is 74.3 Å². The Morgan fingerprint density at radius 3 is 2.67 bits per heavy atom. The molecule has 1 rings (SSSR count).